The van der Waals surface area contributed by atoms with Gasteiger partial charge in [0.1, 0.15) is 6.54 Å². The van der Waals surface area contributed by atoms with Crippen LogP contribution in [0.3, 0.4) is 0 Å². The molecule has 142 valence electrons. The van der Waals surface area contributed by atoms with Crippen molar-refractivity contribution in [1.82, 2.24) is 4.90 Å². The van der Waals surface area contributed by atoms with Gasteiger partial charge in [-0.05, 0) is 27.2 Å². The Morgan fingerprint density at radius 2 is 2.00 bits per heavy atom. The van der Waals surface area contributed by atoms with Gasteiger partial charge in [0.25, 0.3) is 0 Å². The maximum atomic E-state index is 11.8. The highest BCUT2D eigenvalue weighted by Gasteiger charge is 2.43. The molecule has 1 unspecified atom stereocenters. The molecule has 1 heterocycles. The van der Waals surface area contributed by atoms with Crippen molar-refractivity contribution in [2.45, 2.75) is 39.0 Å². The SMILES string of the molecule is CC(=O)C1=CC=CC1CCC[N+]1=C(/C=C/N(C)C)C(C)(C)c2ccccc21. The Morgan fingerprint density at radius 1 is 1.26 bits per heavy atom. The Bertz CT molecular complexity index is 853. The number of para-hydroxylation sites is 1. The molecule has 0 saturated heterocycles. The normalized spacial score (nSPS) is 20.3. The third-order valence-electron chi connectivity index (χ3n) is 5.65. The lowest BCUT2D eigenvalue weighted by atomic mass is 9.81. The van der Waals surface area contributed by atoms with Gasteiger partial charge < -0.3 is 4.90 Å². The minimum atomic E-state index is -0.0131. The number of allylic oxidation sites excluding steroid dienone is 5. The molecule has 3 nitrogen and oxygen atoms in total. The first-order chi connectivity index (χ1) is 12.8. The van der Waals surface area contributed by atoms with E-state index in [2.05, 4.69) is 80.0 Å². The number of benzene rings is 1. The maximum absolute atomic E-state index is 11.8. The molecule has 0 aromatic heterocycles. The molecule has 3 heteroatoms. The number of nitrogens with zero attached hydrogens (tertiary/aromatic N) is 2. The Labute approximate surface area is 163 Å². The average molecular weight is 364 g/mol. The monoisotopic (exact) mass is 363 g/mol. The van der Waals surface area contributed by atoms with E-state index < -0.39 is 0 Å². The standard InChI is InChI=1S/C24H31N2O/c1-18(27)20-12-8-10-19(20)11-9-16-26-22-14-7-6-13-21(22)24(2,3)23(26)15-17-25(4)5/h6-8,10,12-15,17,19H,9,11,16H2,1-5H3/q+1. The number of Topliss-reactive ketones (excluding diaryl/α,β-unsaturated/α-hetero) is 1. The Hall–Kier alpha value is -2.42. The van der Waals surface area contributed by atoms with Crippen LogP contribution >= 0.6 is 0 Å². The largest absolute Gasteiger partial charge is 0.383 e. The van der Waals surface area contributed by atoms with Gasteiger partial charge in [-0.15, -0.1) is 0 Å². The molecule has 0 radical (unpaired) electrons. The fourth-order valence-corrected chi connectivity index (χ4v) is 4.22. The predicted octanol–water partition coefficient (Wildman–Crippen LogP) is 4.62. The van der Waals surface area contributed by atoms with Crippen LogP contribution in [0.5, 0.6) is 0 Å². The molecule has 1 aromatic rings. The lowest BCUT2D eigenvalue weighted by Crippen LogP contribution is -2.28. The second kappa shape index (κ2) is 7.67. The fraction of sp³-hybridized carbons (Fsp3) is 0.417. The van der Waals surface area contributed by atoms with E-state index in [1.165, 1.54) is 17.0 Å². The molecule has 0 fully saturated rings. The molecule has 1 atom stereocenters. The van der Waals surface area contributed by atoms with Crippen LogP contribution in [0, 0.1) is 5.92 Å². The number of hydrogen-bond acceptors (Lipinski definition) is 2. The van der Waals surface area contributed by atoms with Crippen molar-refractivity contribution in [3.63, 3.8) is 0 Å². The molecular weight excluding hydrogens is 332 g/mol. The Kier molecular flexibility index (Phi) is 5.50. The van der Waals surface area contributed by atoms with Gasteiger partial charge in [0.2, 0.25) is 5.69 Å². The van der Waals surface area contributed by atoms with E-state index in [-0.39, 0.29) is 17.1 Å². The summed E-state index contributed by atoms with van der Waals surface area (Å²) in [6.07, 6.45) is 12.6. The number of rotatable bonds is 7. The summed E-state index contributed by atoms with van der Waals surface area (Å²) in [6.45, 7) is 7.24. The van der Waals surface area contributed by atoms with Crippen LogP contribution in [-0.2, 0) is 10.2 Å². The first-order valence-electron chi connectivity index (χ1n) is 9.81. The van der Waals surface area contributed by atoms with Crippen molar-refractivity contribution < 1.29 is 9.37 Å². The van der Waals surface area contributed by atoms with Gasteiger partial charge in [0, 0.05) is 55.9 Å². The fourth-order valence-electron chi connectivity index (χ4n) is 4.22. The molecule has 0 saturated carbocycles. The zero-order valence-corrected chi connectivity index (χ0v) is 17.2. The van der Waals surface area contributed by atoms with E-state index >= 15 is 0 Å². The minimum absolute atomic E-state index is 0.0131. The van der Waals surface area contributed by atoms with Crippen LogP contribution < -0.4 is 0 Å². The number of carbonyl (C=O) groups excluding carboxylic acids is 1. The van der Waals surface area contributed by atoms with E-state index in [4.69, 9.17) is 0 Å². The van der Waals surface area contributed by atoms with Crippen molar-refractivity contribution in [1.29, 1.82) is 0 Å². The highest BCUT2D eigenvalue weighted by Crippen LogP contribution is 2.40. The summed E-state index contributed by atoms with van der Waals surface area (Å²) < 4.78 is 2.46. The van der Waals surface area contributed by atoms with Gasteiger partial charge in [-0.2, -0.15) is 4.58 Å². The van der Waals surface area contributed by atoms with Gasteiger partial charge in [0.15, 0.2) is 11.5 Å². The van der Waals surface area contributed by atoms with Gasteiger partial charge in [-0.3, -0.25) is 4.79 Å². The van der Waals surface area contributed by atoms with Crippen LogP contribution in [-0.4, -0.2) is 41.6 Å². The van der Waals surface area contributed by atoms with E-state index in [0.717, 1.165) is 25.0 Å². The zero-order valence-electron chi connectivity index (χ0n) is 17.2. The first-order valence-corrected chi connectivity index (χ1v) is 9.81. The van der Waals surface area contributed by atoms with E-state index in [0.29, 0.717) is 0 Å². The number of ketones is 1. The summed E-state index contributed by atoms with van der Waals surface area (Å²) in [4.78, 5) is 13.9. The first kappa shape index (κ1) is 19.3. The Morgan fingerprint density at radius 3 is 2.70 bits per heavy atom. The smallest absolute Gasteiger partial charge is 0.209 e. The predicted molar refractivity (Wildman–Crippen MR) is 113 cm³/mol. The molecule has 0 N–H and O–H groups in total. The van der Waals surface area contributed by atoms with Crippen molar-refractivity contribution in [3.8, 4) is 0 Å². The summed E-state index contributed by atoms with van der Waals surface area (Å²) in [5, 5.41) is 0. The third-order valence-corrected chi connectivity index (χ3v) is 5.65. The van der Waals surface area contributed by atoms with Gasteiger partial charge in [-0.1, -0.05) is 36.4 Å². The second-order valence-electron chi connectivity index (χ2n) is 8.27. The second-order valence-corrected chi connectivity index (χ2v) is 8.27. The molecule has 3 rings (SSSR count). The molecular formula is C24H31N2O+. The van der Waals surface area contributed by atoms with Crippen molar-refractivity contribution >= 4 is 17.2 Å². The maximum Gasteiger partial charge on any atom is 0.209 e. The number of hydrogen-bond donors (Lipinski definition) is 0. The molecule has 2 aliphatic rings. The molecule has 1 aliphatic carbocycles. The van der Waals surface area contributed by atoms with E-state index in [1.54, 1.807) is 6.92 Å². The molecule has 27 heavy (non-hydrogen) atoms. The minimum Gasteiger partial charge on any atom is -0.383 e. The van der Waals surface area contributed by atoms with Crippen LogP contribution in [0.1, 0.15) is 39.2 Å². The summed E-state index contributed by atoms with van der Waals surface area (Å²) in [5.74, 6) is 0.466. The average Bonchev–Trinajstić information content (AvgIpc) is 3.16. The molecule has 0 bridgehead atoms. The van der Waals surface area contributed by atoms with Crippen LogP contribution in [0.15, 0.2) is 60.3 Å². The van der Waals surface area contributed by atoms with Gasteiger partial charge >= 0.3 is 0 Å². The van der Waals surface area contributed by atoms with Crippen molar-refractivity contribution in [2.75, 3.05) is 20.6 Å². The summed E-state index contributed by atoms with van der Waals surface area (Å²) in [7, 11) is 4.11. The topological polar surface area (TPSA) is 23.3 Å². The molecule has 0 amide bonds. The van der Waals surface area contributed by atoms with E-state index in [1.807, 2.05) is 12.2 Å². The lowest BCUT2D eigenvalue weighted by molar-refractivity contribution is -0.438. The molecule has 1 aromatic carbocycles. The third kappa shape index (κ3) is 3.83. The van der Waals surface area contributed by atoms with Gasteiger partial charge in [-0.25, -0.2) is 0 Å². The highest BCUT2D eigenvalue weighted by molar-refractivity contribution is 6.03. The summed E-state index contributed by atoms with van der Waals surface area (Å²) >= 11 is 0. The lowest BCUT2D eigenvalue weighted by Gasteiger charge is -2.16. The number of fused-ring (bicyclic) bond motifs is 1. The van der Waals surface area contributed by atoms with Crippen molar-refractivity contribution in [2.24, 2.45) is 5.92 Å². The van der Waals surface area contributed by atoms with Gasteiger partial charge in [0.05, 0.1) is 5.41 Å². The van der Waals surface area contributed by atoms with Crippen molar-refractivity contribution in [3.05, 3.63) is 65.9 Å². The summed E-state index contributed by atoms with van der Waals surface area (Å²) in [5.41, 5.74) is 4.97. The van der Waals surface area contributed by atoms with Crippen LogP contribution in [0.4, 0.5) is 5.69 Å². The quantitative estimate of drug-likeness (QED) is 0.660. The molecule has 0 spiro atoms. The highest BCUT2D eigenvalue weighted by atomic mass is 16.1. The number of carbonyl (C=O) groups is 1. The van der Waals surface area contributed by atoms with E-state index in [9.17, 15) is 4.79 Å². The Balaban J connectivity index is 1.83. The van der Waals surface area contributed by atoms with Crippen LogP contribution in [0.2, 0.25) is 0 Å². The molecule has 1 aliphatic heterocycles. The van der Waals surface area contributed by atoms with Crippen LogP contribution in [0.25, 0.3) is 0 Å². The summed E-state index contributed by atoms with van der Waals surface area (Å²) in [6, 6.07) is 8.72. The zero-order chi connectivity index (χ0) is 19.6.